The molecule has 4 heteroatoms. The van der Waals surface area contributed by atoms with Crippen molar-refractivity contribution < 1.29 is 13.6 Å². The van der Waals surface area contributed by atoms with Crippen LogP contribution in [-0.2, 0) is 13.6 Å². The minimum absolute atomic E-state index is 0.0934. The van der Waals surface area contributed by atoms with Crippen LogP contribution in [0.2, 0.25) is 0 Å². The molecule has 0 radical (unpaired) electrons. The highest BCUT2D eigenvalue weighted by Crippen LogP contribution is 2.44. The van der Waals surface area contributed by atoms with Crippen molar-refractivity contribution in [2.24, 2.45) is 35.5 Å². The fourth-order valence-corrected chi connectivity index (χ4v) is 5.69. The topological polar surface area (TPSA) is 35.5 Å². The van der Waals surface area contributed by atoms with Gasteiger partial charge in [0.1, 0.15) is 12.2 Å². The van der Waals surface area contributed by atoms with Crippen LogP contribution in [0.25, 0.3) is 0 Å². The lowest BCUT2D eigenvalue weighted by atomic mass is 9.75. The fourth-order valence-electron chi connectivity index (χ4n) is 4.72. The summed E-state index contributed by atoms with van der Waals surface area (Å²) < 4.78 is 24.6. The molecule has 0 N–H and O–H groups in total. The molecule has 0 aliphatic heterocycles. The Hall–Kier alpha value is 0.0200. The molecule has 2 aliphatic rings. The minimum Gasteiger partial charge on any atom is -0.115 e. The van der Waals surface area contributed by atoms with Gasteiger partial charge in [0.05, 0.1) is 0 Å². The maximum atomic E-state index is 12.6. The van der Waals surface area contributed by atoms with Gasteiger partial charge in [0.15, 0.2) is 0 Å². The van der Waals surface area contributed by atoms with Crippen LogP contribution in [0, 0.1) is 35.5 Å². The highest BCUT2D eigenvalue weighted by molar-refractivity contribution is 7.33. The van der Waals surface area contributed by atoms with Crippen molar-refractivity contribution in [3.05, 3.63) is 0 Å². The van der Waals surface area contributed by atoms with Crippen molar-refractivity contribution in [1.29, 1.82) is 0 Å². The summed E-state index contributed by atoms with van der Waals surface area (Å²) in [5.74, 6) is 3.48. The van der Waals surface area contributed by atoms with Crippen molar-refractivity contribution in [3.63, 3.8) is 0 Å². The molecule has 0 spiro atoms. The Morgan fingerprint density at radius 3 is 1.46 bits per heavy atom. The van der Waals surface area contributed by atoms with Gasteiger partial charge in [-0.25, -0.2) is 0 Å². The van der Waals surface area contributed by atoms with Crippen molar-refractivity contribution in [2.45, 2.75) is 92.3 Å². The maximum Gasteiger partial charge on any atom is 0.697 e. The van der Waals surface area contributed by atoms with E-state index in [0.717, 1.165) is 12.8 Å². The van der Waals surface area contributed by atoms with E-state index < -0.39 is 8.25 Å². The Balaban J connectivity index is 1.94. The van der Waals surface area contributed by atoms with Crippen LogP contribution in [0.15, 0.2) is 0 Å². The minimum atomic E-state index is -2.02. The lowest BCUT2D eigenvalue weighted by Crippen LogP contribution is -2.35. The number of hydrogen-bond acceptors (Lipinski definition) is 3. The third kappa shape index (κ3) is 5.51. The predicted molar refractivity (Wildman–Crippen MR) is 100 cm³/mol. The Kier molecular flexibility index (Phi) is 7.71. The number of hydrogen-bond donors (Lipinski definition) is 0. The molecule has 0 aromatic rings. The fraction of sp³-hybridized carbons (Fsp3) is 1.00. The zero-order valence-electron chi connectivity index (χ0n) is 16.5. The third-order valence-electron chi connectivity index (χ3n) is 6.37. The zero-order valence-corrected chi connectivity index (χ0v) is 17.4. The molecule has 24 heavy (non-hydrogen) atoms. The summed E-state index contributed by atoms with van der Waals surface area (Å²) in [4.78, 5) is 0. The average molecular weight is 357 g/mol. The molecule has 2 saturated carbocycles. The second-order valence-electron chi connectivity index (χ2n) is 9.16. The van der Waals surface area contributed by atoms with E-state index in [1.807, 2.05) is 0 Å². The summed E-state index contributed by atoms with van der Waals surface area (Å²) in [7, 11) is -2.02. The second kappa shape index (κ2) is 9.10. The van der Waals surface area contributed by atoms with E-state index in [-0.39, 0.29) is 12.2 Å². The van der Waals surface area contributed by atoms with E-state index in [4.69, 9.17) is 9.05 Å². The average Bonchev–Trinajstić information content (AvgIpc) is 2.46. The monoisotopic (exact) mass is 357 g/mol. The second-order valence-corrected chi connectivity index (χ2v) is 10.0. The summed E-state index contributed by atoms with van der Waals surface area (Å²) in [6.07, 6.45) is 7.10. The summed E-state index contributed by atoms with van der Waals surface area (Å²) in [6.45, 7) is 13.6. The van der Waals surface area contributed by atoms with E-state index >= 15 is 0 Å². The Morgan fingerprint density at radius 2 is 1.12 bits per heavy atom. The lowest BCUT2D eigenvalue weighted by Gasteiger charge is -2.35. The van der Waals surface area contributed by atoms with Crippen LogP contribution in [-0.4, -0.2) is 12.2 Å². The Labute approximate surface area is 150 Å². The smallest absolute Gasteiger partial charge is 0.115 e. The van der Waals surface area contributed by atoms with Gasteiger partial charge in [0.25, 0.3) is 0 Å². The maximum absolute atomic E-state index is 12.6. The number of rotatable bonds is 6. The van der Waals surface area contributed by atoms with Gasteiger partial charge in [-0.1, -0.05) is 54.4 Å². The zero-order chi connectivity index (χ0) is 17.9. The molecule has 140 valence electrons. The largest absolute Gasteiger partial charge is 0.697 e. The van der Waals surface area contributed by atoms with Gasteiger partial charge >= 0.3 is 8.25 Å². The van der Waals surface area contributed by atoms with Gasteiger partial charge in [-0.15, -0.1) is 9.05 Å². The van der Waals surface area contributed by atoms with Crippen molar-refractivity contribution in [3.8, 4) is 0 Å². The van der Waals surface area contributed by atoms with Crippen molar-refractivity contribution in [1.82, 2.24) is 0 Å². The Morgan fingerprint density at radius 1 is 0.750 bits per heavy atom. The molecule has 2 rings (SSSR count). The van der Waals surface area contributed by atoms with E-state index in [0.29, 0.717) is 35.5 Å². The molecule has 0 bridgehead atoms. The standard InChI is InChI=1S/C20H38O3P/c1-13(2)17-9-7-15(5)11-19(17)22-24(21)23-20-12-16(6)8-10-18(20)14(3)4/h13-20H,7-12H2,1-6H3/q+1/t15-,16-,17+,18+,19?,20?/m1/s1. The summed E-state index contributed by atoms with van der Waals surface area (Å²) in [5, 5.41) is 0. The molecule has 2 unspecified atom stereocenters. The van der Waals surface area contributed by atoms with Gasteiger partial charge in [-0.3, -0.25) is 0 Å². The van der Waals surface area contributed by atoms with Crippen LogP contribution in [0.1, 0.15) is 80.1 Å². The summed E-state index contributed by atoms with van der Waals surface area (Å²) in [5.41, 5.74) is 0. The van der Waals surface area contributed by atoms with Gasteiger partial charge in [0, 0.05) is 4.57 Å². The van der Waals surface area contributed by atoms with Crippen LogP contribution < -0.4 is 0 Å². The molecule has 2 fully saturated rings. The van der Waals surface area contributed by atoms with E-state index in [1.54, 1.807) is 0 Å². The van der Waals surface area contributed by atoms with Crippen LogP contribution >= 0.6 is 8.25 Å². The molecule has 0 saturated heterocycles. The third-order valence-corrected chi connectivity index (χ3v) is 7.25. The molecule has 0 heterocycles. The van der Waals surface area contributed by atoms with Gasteiger partial charge in [-0.2, -0.15) is 0 Å². The van der Waals surface area contributed by atoms with Crippen molar-refractivity contribution >= 4 is 8.25 Å². The summed E-state index contributed by atoms with van der Waals surface area (Å²) in [6, 6.07) is 0. The molecule has 3 nitrogen and oxygen atoms in total. The molecule has 2 aliphatic carbocycles. The first-order valence-corrected chi connectivity index (χ1v) is 11.2. The summed E-state index contributed by atoms with van der Waals surface area (Å²) >= 11 is 0. The quantitative estimate of drug-likeness (QED) is 0.502. The Bertz CT molecular complexity index is 374. The van der Waals surface area contributed by atoms with E-state index in [1.165, 1.54) is 25.7 Å². The van der Waals surface area contributed by atoms with Gasteiger partial charge in [-0.05, 0) is 61.2 Å². The first-order valence-electron chi connectivity index (χ1n) is 10.1. The van der Waals surface area contributed by atoms with Crippen LogP contribution in [0.5, 0.6) is 0 Å². The lowest BCUT2D eigenvalue weighted by molar-refractivity contribution is 0.00532. The predicted octanol–water partition coefficient (Wildman–Crippen LogP) is 6.60. The molecule has 0 aromatic carbocycles. The van der Waals surface area contributed by atoms with Crippen molar-refractivity contribution in [2.75, 3.05) is 0 Å². The molecule has 0 aromatic heterocycles. The molecule has 6 atom stereocenters. The van der Waals surface area contributed by atoms with E-state index in [2.05, 4.69) is 41.5 Å². The highest BCUT2D eigenvalue weighted by Gasteiger charge is 2.42. The van der Waals surface area contributed by atoms with Gasteiger partial charge < -0.3 is 0 Å². The normalized spacial score (nSPS) is 38.6. The molecular weight excluding hydrogens is 319 g/mol. The first-order chi connectivity index (χ1) is 11.3. The SMILES string of the molecule is CC(C)[C@@H]1CC[C@@H](C)CC1O[P+](=O)OC1C[C@H](C)CC[C@H]1C(C)C. The van der Waals surface area contributed by atoms with Crippen LogP contribution in [0.3, 0.4) is 0 Å². The van der Waals surface area contributed by atoms with Gasteiger partial charge in [0.2, 0.25) is 0 Å². The van der Waals surface area contributed by atoms with Crippen LogP contribution in [0.4, 0.5) is 0 Å². The molecule has 0 amide bonds. The van der Waals surface area contributed by atoms with E-state index in [9.17, 15) is 4.57 Å². The molecular formula is C20H38O3P+. The first kappa shape index (κ1) is 20.3. The highest BCUT2D eigenvalue weighted by atomic mass is 31.1.